The number of hydrogen-bond donors (Lipinski definition) is 2. The lowest BCUT2D eigenvalue weighted by Crippen LogP contribution is -2.49. The van der Waals surface area contributed by atoms with Gasteiger partial charge in [-0.2, -0.15) is 0 Å². The summed E-state index contributed by atoms with van der Waals surface area (Å²) >= 11 is 3.15. The van der Waals surface area contributed by atoms with Crippen LogP contribution in [0, 0.1) is 5.82 Å². The monoisotopic (exact) mass is 318 g/mol. The first-order chi connectivity index (χ1) is 8.61. The van der Waals surface area contributed by atoms with E-state index in [1.165, 1.54) is 12.3 Å². The largest absolute Gasteiger partial charge is 0.409 e. The highest BCUT2D eigenvalue weighted by Crippen LogP contribution is 2.21. The molecule has 3 N–H and O–H groups in total. The molecule has 1 saturated heterocycles. The first-order valence-electron chi connectivity index (χ1n) is 5.27. The van der Waals surface area contributed by atoms with E-state index in [1.807, 2.05) is 0 Å². The van der Waals surface area contributed by atoms with E-state index < -0.39 is 11.9 Å². The highest BCUT2D eigenvalue weighted by atomic mass is 79.9. The van der Waals surface area contributed by atoms with Gasteiger partial charge in [0.05, 0.1) is 13.2 Å². The number of aromatic nitrogens is 1. The molecule has 0 bridgehead atoms. The van der Waals surface area contributed by atoms with Crippen LogP contribution in [-0.2, 0) is 4.74 Å². The number of halogens is 2. The maximum atomic E-state index is 13.8. The molecule has 0 saturated carbocycles. The maximum absolute atomic E-state index is 13.8. The Morgan fingerprint density at radius 1 is 1.72 bits per heavy atom. The minimum Gasteiger partial charge on any atom is -0.409 e. The SMILES string of the molecule is NC(=NO)C1CN(c2ncc(Br)cc2F)CCO1. The van der Waals surface area contributed by atoms with Crippen molar-refractivity contribution in [1.29, 1.82) is 0 Å². The molecule has 0 aromatic carbocycles. The molecule has 1 atom stereocenters. The van der Waals surface area contributed by atoms with E-state index in [4.69, 9.17) is 15.7 Å². The molecule has 8 heteroatoms. The van der Waals surface area contributed by atoms with Crippen LogP contribution in [0.15, 0.2) is 21.9 Å². The maximum Gasteiger partial charge on any atom is 0.170 e. The van der Waals surface area contributed by atoms with Crippen LogP contribution in [0.25, 0.3) is 0 Å². The second kappa shape index (κ2) is 5.49. The summed E-state index contributed by atoms with van der Waals surface area (Å²) in [6, 6.07) is 1.34. The Kier molecular flexibility index (Phi) is 3.97. The fourth-order valence-electron chi connectivity index (χ4n) is 1.73. The van der Waals surface area contributed by atoms with Crippen LogP contribution in [-0.4, -0.2) is 41.8 Å². The minimum absolute atomic E-state index is 0.0304. The van der Waals surface area contributed by atoms with Crippen molar-refractivity contribution < 1.29 is 14.3 Å². The molecular formula is C10H12BrFN4O2. The third kappa shape index (κ3) is 2.70. The standard InChI is InChI=1S/C10H12BrFN4O2/c11-6-3-7(12)10(14-4-6)16-1-2-18-8(5-16)9(13)15-17/h3-4,8,17H,1-2,5H2,(H2,13,15). The van der Waals surface area contributed by atoms with Gasteiger partial charge in [-0.3, -0.25) is 0 Å². The number of nitrogens with zero attached hydrogens (tertiary/aromatic N) is 3. The van der Waals surface area contributed by atoms with Gasteiger partial charge in [-0.05, 0) is 22.0 Å². The average Bonchev–Trinajstić information content (AvgIpc) is 2.38. The predicted octanol–water partition coefficient (Wildman–Crippen LogP) is 0.935. The summed E-state index contributed by atoms with van der Waals surface area (Å²) in [6.07, 6.45) is 0.959. The van der Waals surface area contributed by atoms with Crippen LogP contribution in [0.4, 0.5) is 10.2 Å². The van der Waals surface area contributed by atoms with Crippen molar-refractivity contribution in [2.45, 2.75) is 6.10 Å². The summed E-state index contributed by atoms with van der Waals surface area (Å²) < 4.78 is 19.7. The number of rotatable bonds is 2. The molecular weight excluding hydrogens is 307 g/mol. The number of pyridine rings is 1. The zero-order valence-corrected chi connectivity index (χ0v) is 11.0. The van der Waals surface area contributed by atoms with E-state index in [9.17, 15) is 4.39 Å². The summed E-state index contributed by atoms with van der Waals surface area (Å²) in [5.41, 5.74) is 5.48. The zero-order chi connectivity index (χ0) is 13.1. The highest BCUT2D eigenvalue weighted by molar-refractivity contribution is 9.10. The minimum atomic E-state index is -0.561. The molecule has 1 aromatic heterocycles. The average molecular weight is 319 g/mol. The molecule has 2 heterocycles. The van der Waals surface area contributed by atoms with Crippen LogP contribution < -0.4 is 10.6 Å². The molecule has 18 heavy (non-hydrogen) atoms. The molecule has 1 unspecified atom stereocenters. The third-order valence-electron chi connectivity index (χ3n) is 2.60. The Bertz CT molecular complexity index is 471. The number of amidine groups is 1. The Morgan fingerprint density at radius 3 is 3.17 bits per heavy atom. The van der Waals surface area contributed by atoms with Crippen molar-refractivity contribution in [1.82, 2.24) is 4.98 Å². The lowest BCUT2D eigenvalue weighted by molar-refractivity contribution is 0.0801. The lowest BCUT2D eigenvalue weighted by atomic mass is 10.2. The van der Waals surface area contributed by atoms with Gasteiger partial charge in [0.25, 0.3) is 0 Å². The predicted molar refractivity (Wildman–Crippen MR) is 67.3 cm³/mol. The molecule has 0 amide bonds. The number of hydrogen-bond acceptors (Lipinski definition) is 5. The van der Waals surface area contributed by atoms with Gasteiger partial charge in [-0.25, -0.2) is 9.37 Å². The summed E-state index contributed by atoms with van der Waals surface area (Å²) in [6.45, 7) is 1.15. The fourth-order valence-corrected chi connectivity index (χ4v) is 2.03. The molecule has 6 nitrogen and oxygen atoms in total. The molecule has 0 aliphatic carbocycles. The van der Waals surface area contributed by atoms with E-state index in [0.29, 0.717) is 24.2 Å². The second-order valence-corrected chi connectivity index (χ2v) is 4.70. The summed E-state index contributed by atoms with van der Waals surface area (Å²) in [7, 11) is 0. The number of nitrogens with two attached hydrogens (primary N) is 1. The van der Waals surface area contributed by atoms with Gasteiger partial charge in [-0.15, -0.1) is 0 Å². The second-order valence-electron chi connectivity index (χ2n) is 3.79. The van der Waals surface area contributed by atoms with Gasteiger partial charge in [0.1, 0.15) is 6.10 Å². The lowest BCUT2D eigenvalue weighted by Gasteiger charge is -2.33. The smallest absolute Gasteiger partial charge is 0.170 e. The van der Waals surface area contributed by atoms with Crippen molar-refractivity contribution in [2.24, 2.45) is 10.9 Å². The molecule has 0 radical (unpaired) electrons. The number of oxime groups is 1. The van der Waals surface area contributed by atoms with E-state index >= 15 is 0 Å². The van der Waals surface area contributed by atoms with Crippen molar-refractivity contribution in [3.8, 4) is 0 Å². The van der Waals surface area contributed by atoms with E-state index in [1.54, 1.807) is 4.90 Å². The molecule has 1 aliphatic heterocycles. The van der Waals surface area contributed by atoms with Crippen molar-refractivity contribution in [2.75, 3.05) is 24.6 Å². The quantitative estimate of drug-likeness (QED) is 0.367. The first kappa shape index (κ1) is 13.0. The van der Waals surface area contributed by atoms with Crippen LogP contribution in [0.2, 0.25) is 0 Å². The Morgan fingerprint density at radius 2 is 2.50 bits per heavy atom. The Balaban J connectivity index is 2.18. The Labute approximate surface area is 111 Å². The van der Waals surface area contributed by atoms with Gasteiger partial charge in [-0.1, -0.05) is 5.16 Å². The van der Waals surface area contributed by atoms with Crippen LogP contribution in [0.5, 0.6) is 0 Å². The molecule has 1 aliphatic rings. The molecule has 1 aromatic rings. The normalized spacial score (nSPS) is 21.1. The van der Waals surface area contributed by atoms with Gasteiger partial charge in [0.15, 0.2) is 17.5 Å². The number of ether oxygens (including phenoxy) is 1. The van der Waals surface area contributed by atoms with Crippen molar-refractivity contribution in [3.63, 3.8) is 0 Å². The van der Waals surface area contributed by atoms with Crippen LogP contribution in [0.1, 0.15) is 0 Å². The third-order valence-corrected chi connectivity index (χ3v) is 3.03. The summed E-state index contributed by atoms with van der Waals surface area (Å²) in [4.78, 5) is 5.73. The number of anilines is 1. The van der Waals surface area contributed by atoms with E-state index in [2.05, 4.69) is 26.1 Å². The summed E-state index contributed by atoms with van der Waals surface area (Å²) in [5, 5.41) is 11.5. The van der Waals surface area contributed by atoms with E-state index in [-0.39, 0.29) is 11.7 Å². The topological polar surface area (TPSA) is 84.0 Å². The van der Waals surface area contributed by atoms with Crippen molar-refractivity contribution >= 4 is 27.6 Å². The van der Waals surface area contributed by atoms with Crippen molar-refractivity contribution in [3.05, 3.63) is 22.6 Å². The Hall–Kier alpha value is -1.41. The molecule has 0 spiro atoms. The van der Waals surface area contributed by atoms with E-state index in [0.717, 1.165) is 0 Å². The van der Waals surface area contributed by atoms with Gasteiger partial charge in [0.2, 0.25) is 0 Å². The fraction of sp³-hybridized carbons (Fsp3) is 0.400. The van der Waals surface area contributed by atoms with Gasteiger partial charge >= 0.3 is 0 Å². The van der Waals surface area contributed by atoms with Crippen LogP contribution in [0.3, 0.4) is 0 Å². The van der Waals surface area contributed by atoms with Gasteiger partial charge in [0, 0.05) is 17.2 Å². The molecule has 1 fully saturated rings. The zero-order valence-electron chi connectivity index (χ0n) is 9.38. The summed E-state index contributed by atoms with van der Waals surface area (Å²) in [5.74, 6) is -0.223. The highest BCUT2D eigenvalue weighted by Gasteiger charge is 2.26. The molecule has 2 rings (SSSR count). The first-order valence-corrected chi connectivity index (χ1v) is 6.06. The van der Waals surface area contributed by atoms with Gasteiger partial charge < -0.3 is 20.6 Å². The van der Waals surface area contributed by atoms with Crippen LogP contribution >= 0.6 is 15.9 Å². The molecule has 98 valence electrons. The number of morpholine rings is 1.